The highest BCUT2D eigenvalue weighted by atomic mass is 35.5. The highest BCUT2D eigenvalue weighted by molar-refractivity contribution is 6.31. The molecule has 0 radical (unpaired) electrons. The molecule has 3 atom stereocenters. The van der Waals surface area contributed by atoms with Crippen LogP contribution in [0.15, 0.2) is 24.3 Å². The number of hydrogen-bond donors (Lipinski definition) is 1. The van der Waals surface area contributed by atoms with E-state index in [0.29, 0.717) is 17.5 Å². The predicted octanol–water partition coefficient (Wildman–Crippen LogP) is 3.19. The van der Waals surface area contributed by atoms with Gasteiger partial charge in [-0.05, 0) is 42.7 Å². The lowest BCUT2D eigenvalue weighted by molar-refractivity contribution is -0.121. The third kappa shape index (κ3) is 2.39. The standard InChI is InChI=1S/C15H18ClNO/c16-13-4-2-1-3-11(13)9-15(18)17-14-8-10-5-6-12(14)7-10/h1-4,10,12,14H,5-9H2,(H,17,18)/t10-,12+,14-/m0/s1. The molecule has 1 aromatic rings. The SMILES string of the molecule is O=C(Cc1ccccc1Cl)N[C@H]1C[C@H]2CC[C@@H]1C2. The van der Waals surface area contributed by atoms with Crippen molar-refractivity contribution in [3.05, 3.63) is 34.9 Å². The van der Waals surface area contributed by atoms with Gasteiger partial charge in [-0.1, -0.05) is 36.2 Å². The Bertz CT molecular complexity index is 460. The van der Waals surface area contributed by atoms with E-state index in [9.17, 15) is 4.79 Å². The lowest BCUT2D eigenvalue weighted by Gasteiger charge is -2.23. The van der Waals surface area contributed by atoms with Crippen molar-refractivity contribution in [1.29, 1.82) is 0 Å². The first kappa shape index (κ1) is 12.0. The van der Waals surface area contributed by atoms with Crippen LogP contribution in [0.3, 0.4) is 0 Å². The van der Waals surface area contributed by atoms with Crippen LogP contribution in [-0.4, -0.2) is 11.9 Å². The van der Waals surface area contributed by atoms with Crippen molar-refractivity contribution < 1.29 is 4.79 Å². The molecule has 3 heteroatoms. The molecule has 0 aliphatic heterocycles. The van der Waals surface area contributed by atoms with Gasteiger partial charge < -0.3 is 5.32 Å². The number of carbonyl (C=O) groups excluding carboxylic acids is 1. The summed E-state index contributed by atoms with van der Waals surface area (Å²) in [4.78, 5) is 12.0. The molecule has 0 heterocycles. The van der Waals surface area contributed by atoms with Gasteiger partial charge in [0.1, 0.15) is 0 Å². The maximum atomic E-state index is 12.0. The molecule has 18 heavy (non-hydrogen) atoms. The molecule has 96 valence electrons. The van der Waals surface area contributed by atoms with Gasteiger partial charge in [-0.25, -0.2) is 0 Å². The first-order valence-corrected chi connectivity index (χ1v) is 7.13. The van der Waals surface area contributed by atoms with Gasteiger partial charge in [0.15, 0.2) is 0 Å². The van der Waals surface area contributed by atoms with Crippen molar-refractivity contribution in [2.75, 3.05) is 0 Å². The minimum atomic E-state index is 0.112. The lowest BCUT2D eigenvalue weighted by atomic mass is 9.95. The number of fused-ring (bicyclic) bond motifs is 2. The van der Waals surface area contributed by atoms with E-state index in [1.807, 2.05) is 24.3 Å². The second-order valence-corrected chi connectivity index (χ2v) is 6.02. The summed E-state index contributed by atoms with van der Waals surface area (Å²) in [5.41, 5.74) is 0.917. The number of benzene rings is 1. The Kier molecular flexibility index (Phi) is 3.29. The van der Waals surface area contributed by atoms with Crippen molar-refractivity contribution in [2.24, 2.45) is 11.8 Å². The lowest BCUT2D eigenvalue weighted by Crippen LogP contribution is -2.39. The summed E-state index contributed by atoms with van der Waals surface area (Å²) >= 11 is 6.07. The molecule has 1 amide bonds. The van der Waals surface area contributed by atoms with Crippen LogP contribution in [0.2, 0.25) is 5.02 Å². The van der Waals surface area contributed by atoms with Gasteiger partial charge in [0.05, 0.1) is 6.42 Å². The van der Waals surface area contributed by atoms with Crippen LogP contribution in [0.5, 0.6) is 0 Å². The summed E-state index contributed by atoms with van der Waals surface area (Å²) in [7, 11) is 0. The van der Waals surface area contributed by atoms with Crippen LogP contribution in [0.25, 0.3) is 0 Å². The van der Waals surface area contributed by atoms with Crippen molar-refractivity contribution >= 4 is 17.5 Å². The van der Waals surface area contributed by atoms with E-state index >= 15 is 0 Å². The van der Waals surface area contributed by atoms with Gasteiger partial charge in [-0.15, -0.1) is 0 Å². The maximum absolute atomic E-state index is 12.0. The van der Waals surface area contributed by atoms with Crippen molar-refractivity contribution in [1.82, 2.24) is 5.32 Å². The van der Waals surface area contributed by atoms with Gasteiger partial charge >= 0.3 is 0 Å². The van der Waals surface area contributed by atoms with Crippen LogP contribution in [0.4, 0.5) is 0 Å². The molecule has 1 N–H and O–H groups in total. The molecule has 1 aromatic carbocycles. The molecule has 0 spiro atoms. The third-order valence-corrected chi connectivity index (χ3v) is 4.76. The largest absolute Gasteiger partial charge is 0.353 e. The molecule has 0 unspecified atom stereocenters. The fourth-order valence-corrected chi connectivity index (χ4v) is 3.70. The third-order valence-electron chi connectivity index (χ3n) is 4.39. The molecule has 2 aliphatic rings. The van der Waals surface area contributed by atoms with E-state index in [4.69, 9.17) is 11.6 Å². The van der Waals surface area contributed by atoms with E-state index in [1.54, 1.807) is 0 Å². The van der Waals surface area contributed by atoms with Crippen molar-refractivity contribution in [3.63, 3.8) is 0 Å². The number of amides is 1. The highest BCUT2D eigenvalue weighted by Crippen LogP contribution is 2.44. The Morgan fingerprint density at radius 1 is 1.28 bits per heavy atom. The monoisotopic (exact) mass is 263 g/mol. The minimum Gasteiger partial charge on any atom is -0.353 e. The molecule has 2 aliphatic carbocycles. The van der Waals surface area contributed by atoms with E-state index in [-0.39, 0.29) is 5.91 Å². The zero-order valence-corrected chi connectivity index (χ0v) is 11.1. The average Bonchev–Trinajstić information content (AvgIpc) is 2.94. The number of rotatable bonds is 3. The number of nitrogens with one attached hydrogen (secondary N) is 1. The van der Waals surface area contributed by atoms with Crippen LogP contribution >= 0.6 is 11.6 Å². The van der Waals surface area contributed by atoms with Crippen molar-refractivity contribution in [3.8, 4) is 0 Å². The molecular formula is C15H18ClNO. The molecular weight excluding hydrogens is 246 g/mol. The van der Waals surface area contributed by atoms with Gasteiger partial charge in [-0.3, -0.25) is 4.79 Å². The molecule has 2 saturated carbocycles. The fourth-order valence-electron chi connectivity index (χ4n) is 3.49. The highest BCUT2D eigenvalue weighted by Gasteiger charge is 2.39. The number of halogens is 1. The fraction of sp³-hybridized carbons (Fsp3) is 0.533. The normalized spacial score (nSPS) is 29.5. The zero-order valence-electron chi connectivity index (χ0n) is 10.4. The zero-order chi connectivity index (χ0) is 12.5. The van der Waals surface area contributed by atoms with Crippen LogP contribution in [-0.2, 0) is 11.2 Å². The topological polar surface area (TPSA) is 29.1 Å². The summed E-state index contributed by atoms with van der Waals surface area (Å²) in [5.74, 6) is 1.70. The Hall–Kier alpha value is -1.02. The minimum absolute atomic E-state index is 0.112. The van der Waals surface area contributed by atoms with Gasteiger partial charge in [0, 0.05) is 11.1 Å². The Morgan fingerprint density at radius 2 is 2.11 bits per heavy atom. The Balaban J connectivity index is 1.58. The van der Waals surface area contributed by atoms with Gasteiger partial charge in [-0.2, -0.15) is 0 Å². The smallest absolute Gasteiger partial charge is 0.224 e. The molecule has 2 bridgehead atoms. The summed E-state index contributed by atoms with van der Waals surface area (Å²) in [6.07, 6.45) is 5.55. The molecule has 0 saturated heterocycles. The Labute approximate surface area is 113 Å². The number of carbonyl (C=O) groups is 1. The summed E-state index contributed by atoms with van der Waals surface area (Å²) in [6.45, 7) is 0. The van der Waals surface area contributed by atoms with Crippen LogP contribution in [0, 0.1) is 11.8 Å². The Morgan fingerprint density at radius 3 is 2.78 bits per heavy atom. The van der Waals surface area contributed by atoms with E-state index < -0.39 is 0 Å². The van der Waals surface area contributed by atoms with Crippen molar-refractivity contribution in [2.45, 2.75) is 38.1 Å². The second kappa shape index (κ2) is 4.93. The summed E-state index contributed by atoms with van der Waals surface area (Å²) < 4.78 is 0. The number of hydrogen-bond acceptors (Lipinski definition) is 1. The predicted molar refractivity (Wildman–Crippen MR) is 72.5 cm³/mol. The molecule has 3 rings (SSSR count). The quantitative estimate of drug-likeness (QED) is 0.892. The first-order valence-electron chi connectivity index (χ1n) is 6.75. The van der Waals surface area contributed by atoms with Gasteiger partial charge in [0.2, 0.25) is 5.91 Å². The molecule has 2 fully saturated rings. The maximum Gasteiger partial charge on any atom is 0.224 e. The molecule has 2 nitrogen and oxygen atoms in total. The first-order chi connectivity index (χ1) is 8.72. The van der Waals surface area contributed by atoms with E-state index in [1.165, 1.54) is 25.7 Å². The summed E-state index contributed by atoms with van der Waals surface area (Å²) in [6, 6.07) is 7.98. The summed E-state index contributed by atoms with van der Waals surface area (Å²) in [5, 5.41) is 3.87. The van der Waals surface area contributed by atoms with Gasteiger partial charge in [0.25, 0.3) is 0 Å². The van der Waals surface area contributed by atoms with E-state index in [2.05, 4.69) is 5.32 Å². The van der Waals surface area contributed by atoms with E-state index in [0.717, 1.165) is 17.4 Å². The second-order valence-electron chi connectivity index (χ2n) is 5.62. The molecule has 0 aromatic heterocycles. The average molecular weight is 264 g/mol. The van der Waals surface area contributed by atoms with Crippen LogP contribution in [0.1, 0.15) is 31.2 Å². The van der Waals surface area contributed by atoms with Crippen LogP contribution < -0.4 is 5.32 Å².